The van der Waals surface area contributed by atoms with Gasteiger partial charge in [-0.3, -0.25) is 0 Å². The summed E-state index contributed by atoms with van der Waals surface area (Å²) in [5.41, 5.74) is 8.96. The maximum atomic E-state index is 5.85. The van der Waals surface area contributed by atoms with Crippen molar-refractivity contribution < 1.29 is 4.74 Å². The first-order valence-electron chi connectivity index (χ1n) is 6.85. The molecule has 0 aliphatic heterocycles. The minimum atomic E-state index is 0.140. The van der Waals surface area contributed by atoms with E-state index >= 15 is 0 Å². The number of nitrogens with two attached hydrogens (primary N) is 1. The van der Waals surface area contributed by atoms with E-state index < -0.39 is 0 Å². The first-order valence-corrected chi connectivity index (χ1v) is 6.85. The number of aryl methyl sites for hydroxylation is 1. The van der Waals surface area contributed by atoms with Crippen molar-refractivity contribution in [2.45, 2.75) is 39.7 Å². The van der Waals surface area contributed by atoms with Crippen molar-refractivity contribution in [1.82, 2.24) is 4.98 Å². The molecule has 0 saturated heterocycles. The normalized spacial score (nSPS) is 11.4. The summed E-state index contributed by atoms with van der Waals surface area (Å²) in [4.78, 5) is 4.35. The molecule has 0 aliphatic carbocycles. The number of hydrogen-bond donors (Lipinski definition) is 1. The summed E-state index contributed by atoms with van der Waals surface area (Å²) in [6.45, 7) is 9.08. The highest BCUT2D eigenvalue weighted by molar-refractivity contribution is 5.40. The van der Waals surface area contributed by atoms with Crippen molar-refractivity contribution in [1.29, 1.82) is 0 Å². The molecule has 0 aliphatic rings. The van der Waals surface area contributed by atoms with E-state index in [1.54, 1.807) is 0 Å². The minimum Gasteiger partial charge on any atom is -0.439 e. The molecular formula is C17H22N2O. The SMILES string of the molecule is Cc1cc(C(C)(C)C)ccc1Oc1cccc(CN)n1. The predicted octanol–water partition coefficient (Wildman–Crippen LogP) is 3.94. The van der Waals surface area contributed by atoms with Crippen molar-refractivity contribution in [3.05, 3.63) is 53.2 Å². The number of ether oxygens (including phenoxy) is 1. The van der Waals surface area contributed by atoms with Crippen LogP contribution in [0.3, 0.4) is 0 Å². The summed E-state index contributed by atoms with van der Waals surface area (Å²) in [7, 11) is 0. The highest BCUT2D eigenvalue weighted by atomic mass is 16.5. The highest BCUT2D eigenvalue weighted by Gasteiger charge is 2.15. The molecule has 0 bridgehead atoms. The van der Waals surface area contributed by atoms with Crippen LogP contribution in [-0.4, -0.2) is 4.98 Å². The van der Waals surface area contributed by atoms with Gasteiger partial charge in [-0.05, 0) is 35.6 Å². The fourth-order valence-corrected chi connectivity index (χ4v) is 1.97. The Morgan fingerprint density at radius 2 is 1.90 bits per heavy atom. The predicted molar refractivity (Wildman–Crippen MR) is 82.1 cm³/mol. The second-order valence-electron chi connectivity index (χ2n) is 6.00. The lowest BCUT2D eigenvalue weighted by molar-refractivity contribution is 0.456. The number of benzene rings is 1. The lowest BCUT2D eigenvalue weighted by atomic mass is 9.86. The van der Waals surface area contributed by atoms with Crippen LogP contribution in [0.5, 0.6) is 11.6 Å². The van der Waals surface area contributed by atoms with Crippen LogP contribution >= 0.6 is 0 Å². The molecule has 0 spiro atoms. The smallest absolute Gasteiger partial charge is 0.219 e. The molecule has 3 heteroatoms. The van der Waals surface area contributed by atoms with Crippen molar-refractivity contribution in [3.63, 3.8) is 0 Å². The van der Waals surface area contributed by atoms with E-state index in [0.717, 1.165) is 17.0 Å². The molecule has 0 radical (unpaired) electrons. The van der Waals surface area contributed by atoms with Gasteiger partial charge in [-0.25, -0.2) is 4.98 Å². The maximum absolute atomic E-state index is 5.85. The molecule has 2 aromatic rings. The third-order valence-electron chi connectivity index (χ3n) is 3.25. The largest absolute Gasteiger partial charge is 0.439 e. The van der Waals surface area contributed by atoms with Crippen molar-refractivity contribution in [3.8, 4) is 11.6 Å². The first kappa shape index (κ1) is 14.5. The van der Waals surface area contributed by atoms with E-state index in [1.165, 1.54) is 5.56 Å². The first-order chi connectivity index (χ1) is 9.40. The molecule has 1 heterocycles. The lowest BCUT2D eigenvalue weighted by Gasteiger charge is -2.20. The summed E-state index contributed by atoms with van der Waals surface area (Å²) in [5.74, 6) is 1.42. The summed E-state index contributed by atoms with van der Waals surface area (Å²) >= 11 is 0. The van der Waals surface area contributed by atoms with Crippen LogP contribution in [0.15, 0.2) is 36.4 Å². The van der Waals surface area contributed by atoms with Crippen LogP contribution in [0.4, 0.5) is 0 Å². The van der Waals surface area contributed by atoms with E-state index in [-0.39, 0.29) is 5.41 Å². The monoisotopic (exact) mass is 270 g/mol. The van der Waals surface area contributed by atoms with Crippen molar-refractivity contribution >= 4 is 0 Å². The highest BCUT2D eigenvalue weighted by Crippen LogP contribution is 2.29. The molecule has 1 aromatic heterocycles. The van der Waals surface area contributed by atoms with Crippen molar-refractivity contribution in [2.75, 3.05) is 0 Å². The Morgan fingerprint density at radius 3 is 2.50 bits per heavy atom. The van der Waals surface area contributed by atoms with Gasteiger partial charge in [0.15, 0.2) is 0 Å². The number of rotatable bonds is 3. The van der Waals surface area contributed by atoms with Crippen LogP contribution in [-0.2, 0) is 12.0 Å². The maximum Gasteiger partial charge on any atom is 0.219 e. The summed E-state index contributed by atoms with van der Waals surface area (Å²) in [6.07, 6.45) is 0. The Labute approximate surface area is 120 Å². The third kappa shape index (κ3) is 3.36. The van der Waals surface area contributed by atoms with Gasteiger partial charge in [0.05, 0.1) is 5.69 Å². The number of aromatic nitrogens is 1. The molecule has 106 valence electrons. The molecule has 1 aromatic carbocycles. The molecular weight excluding hydrogens is 248 g/mol. The van der Waals surface area contributed by atoms with Crippen molar-refractivity contribution in [2.24, 2.45) is 5.73 Å². The van der Waals surface area contributed by atoms with E-state index in [2.05, 4.69) is 44.8 Å². The third-order valence-corrected chi connectivity index (χ3v) is 3.25. The van der Waals surface area contributed by atoms with Crippen LogP contribution in [0.2, 0.25) is 0 Å². The van der Waals surface area contributed by atoms with Gasteiger partial charge in [0.25, 0.3) is 0 Å². The average molecular weight is 270 g/mol. The molecule has 0 saturated carbocycles. The molecule has 20 heavy (non-hydrogen) atoms. The topological polar surface area (TPSA) is 48.1 Å². The second-order valence-corrected chi connectivity index (χ2v) is 6.00. The standard InChI is InChI=1S/C17H22N2O/c1-12-10-13(17(2,3)4)8-9-15(12)20-16-7-5-6-14(11-18)19-16/h5-10H,11,18H2,1-4H3. The number of hydrogen-bond acceptors (Lipinski definition) is 3. The van der Waals surface area contributed by atoms with E-state index in [9.17, 15) is 0 Å². The quantitative estimate of drug-likeness (QED) is 0.919. The second kappa shape index (κ2) is 5.63. The summed E-state index contributed by atoms with van der Waals surface area (Å²) in [6, 6.07) is 11.9. The number of pyridine rings is 1. The van der Waals surface area contributed by atoms with Crippen LogP contribution in [0.1, 0.15) is 37.6 Å². The fraction of sp³-hybridized carbons (Fsp3) is 0.353. The molecule has 0 fully saturated rings. The lowest BCUT2D eigenvalue weighted by Crippen LogP contribution is -2.11. The van der Waals surface area contributed by atoms with Crippen LogP contribution in [0.25, 0.3) is 0 Å². The van der Waals surface area contributed by atoms with E-state index in [0.29, 0.717) is 12.4 Å². The number of nitrogens with zero attached hydrogens (tertiary/aromatic N) is 1. The molecule has 3 nitrogen and oxygen atoms in total. The average Bonchev–Trinajstić information content (AvgIpc) is 2.40. The summed E-state index contributed by atoms with van der Waals surface area (Å²) < 4.78 is 5.85. The van der Waals surface area contributed by atoms with Gasteiger partial charge >= 0.3 is 0 Å². The van der Waals surface area contributed by atoms with E-state index in [1.807, 2.05) is 24.3 Å². The Bertz CT molecular complexity index is 600. The zero-order valence-electron chi connectivity index (χ0n) is 12.6. The Morgan fingerprint density at radius 1 is 1.15 bits per heavy atom. The Hall–Kier alpha value is -1.87. The molecule has 2 N–H and O–H groups in total. The van der Waals surface area contributed by atoms with Gasteiger partial charge in [0.1, 0.15) is 5.75 Å². The van der Waals surface area contributed by atoms with Gasteiger partial charge in [0, 0.05) is 12.6 Å². The van der Waals surface area contributed by atoms with Gasteiger partial charge < -0.3 is 10.5 Å². The fourth-order valence-electron chi connectivity index (χ4n) is 1.97. The van der Waals surface area contributed by atoms with Crippen LogP contribution in [0, 0.1) is 6.92 Å². The molecule has 0 atom stereocenters. The Balaban J connectivity index is 2.25. The van der Waals surface area contributed by atoms with E-state index in [4.69, 9.17) is 10.5 Å². The van der Waals surface area contributed by atoms with Gasteiger partial charge in [-0.1, -0.05) is 39.0 Å². The van der Waals surface area contributed by atoms with Gasteiger partial charge in [0.2, 0.25) is 5.88 Å². The van der Waals surface area contributed by atoms with Crippen LogP contribution < -0.4 is 10.5 Å². The molecule has 0 amide bonds. The Kier molecular flexibility index (Phi) is 4.09. The van der Waals surface area contributed by atoms with Gasteiger partial charge in [-0.15, -0.1) is 0 Å². The minimum absolute atomic E-state index is 0.140. The molecule has 0 unspecified atom stereocenters. The zero-order chi connectivity index (χ0) is 14.8. The molecule has 2 rings (SSSR count). The zero-order valence-corrected chi connectivity index (χ0v) is 12.6. The summed E-state index contributed by atoms with van der Waals surface area (Å²) in [5, 5.41) is 0. The van der Waals surface area contributed by atoms with Gasteiger partial charge in [-0.2, -0.15) is 0 Å².